The Bertz CT molecular complexity index is 806. The van der Waals surface area contributed by atoms with E-state index in [-0.39, 0.29) is 4.90 Å². The molecule has 0 aromatic heterocycles. The maximum atomic E-state index is 13.1. The summed E-state index contributed by atoms with van der Waals surface area (Å²) in [6, 6.07) is 6.06. The highest BCUT2D eigenvalue weighted by molar-refractivity contribution is 7.89. The van der Waals surface area contributed by atoms with Gasteiger partial charge in [-0.25, -0.2) is 0 Å². The van der Waals surface area contributed by atoms with Gasteiger partial charge in [-0.2, -0.15) is 17.9 Å². The van der Waals surface area contributed by atoms with Crippen LogP contribution >= 0.6 is 0 Å². The Labute approximate surface area is 149 Å². The predicted molar refractivity (Wildman–Crippen MR) is 99.9 cm³/mol. The Morgan fingerprint density at radius 1 is 1.16 bits per heavy atom. The first kappa shape index (κ1) is 19.1. The normalized spacial score (nSPS) is 18.2. The summed E-state index contributed by atoms with van der Waals surface area (Å²) in [7, 11) is -3.82. The van der Waals surface area contributed by atoms with Crippen molar-refractivity contribution in [3.8, 4) is 0 Å². The molecular formula is C19H24N2O3S. The molecule has 0 saturated heterocycles. The largest absolute Gasteiger partial charge is 0.298 e. The number of sulfonamides is 1. The van der Waals surface area contributed by atoms with Crippen LogP contribution in [0.1, 0.15) is 38.7 Å². The van der Waals surface area contributed by atoms with Gasteiger partial charge in [0.2, 0.25) is 0 Å². The van der Waals surface area contributed by atoms with E-state index >= 15 is 0 Å². The smallest absolute Gasteiger partial charge is 0.279 e. The van der Waals surface area contributed by atoms with Crippen molar-refractivity contribution in [2.24, 2.45) is 5.10 Å². The number of hydrogen-bond acceptors (Lipinski definition) is 4. The molecule has 1 atom stereocenters. The first-order chi connectivity index (χ1) is 11.9. The number of aryl methyl sites for hydroxylation is 1. The quantitative estimate of drug-likeness (QED) is 0.551. The fourth-order valence-electron chi connectivity index (χ4n) is 2.69. The highest BCUT2D eigenvalue weighted by Gasteiger charge is 2.34. The van der Waals surface area contributed by atoms with Crippen molar-refractivity contribution in [2.45, 2.75) is 51.0 Å². The van der Waals surface area contributed by atoms with Crippen molar-refractivity contribution in [3.05, 3.63) is 53.6 Å². The van der Waals surface area contributed by atoms with E-state index in [1.54, 1.807) is 37.3 Å². The van der Waals surface area contributed by atoms with E-state index in [0.717, 1.165) is 22.7 Å². The van der Waals surface area contributed by atoms with Gasteiger partial charge in [-0.05, 0) is 51.3 Å². The summed E-state index contributed by atoms with van der Waals surface area (Å²) in [4.78, 5) is 11.7. The summed E-state index contributed by atoms with van der Waals surface area (Å²) in [5.41, 5.74) is 1.92. The van der Waals surface area contributed by atoms with Crippen LogP contribution in [0, 0.1) is 6.92 Å². The summed E-state index contributed by atoms with van der Waals surface area (Å²) >= 11 is 0. The van der Waals surface area contributed by atoms with Crippen LogP contribution in [0.2, 0.25) is 0 Å². The second-order valence-electron chi connectivity index (χ2n) is 6.07. The number of aldehydes is 1. The number of carbonyl (C=O) groups excluding carboxylic acids is 1. The van der Waals surface area contributed by atoms with Crippen LogP contribution in [0.25, 0.3) is 0 Å². The zero-order valence-electron chi connectivity index (χ0n) is 14.8. The van der Waals surface area contributed by atoms with E-state index in [9.17, 15) is 13.2 Å². The van der Waals surface area contributed by atoms with Crippen molar-refractivity contribution < 1.29 is 13.2 Å². The Kier molecular flexibility index (Phi) is 6.31. The Hall–Kier alpha value is -2.21. The SMILES string of the molecule is CC/C=C\CC[C@@H]1C(C=O)=CC(C)=NN1S(=O)(=O)c1ccc(C)cc1. The van der Waals surface area contributed by atoms with Gasteiger partial charge in [-0.3, -0.25) is 4.79 Å². The lowest BCUT2D eigenvalue weighted by molar-refractivity contribution is -0.105. The second-order valence-corrected chi connectivity index (χ2v) is 7.86. The molecule has 134 valence electrons. The van der Waals surface area contributed by atoms with E-state index in [2.05, 4.69) is 5.10 Å². The molecule has 1 aliphatic heterocycles. The van der Waals surface area contributed by atoms with Crippen molar-refractivity contribution in [1.29, 1.82) is 0 Å². The molecule has 1 heterocycles. The molecule has 1 aliphatic rings. The zero-order valence-corrected chi connectivity index (χ0v) is 15.7. The van der Waals surface area contributed by atoms with Gasteiger partial charge in [0.1, 0.15) is 6.29 Å². The van der Waals surface area contributed by atoms with Crippen LogP contribution in [0.15, 0.2) is 58.1 Å². The lowest BCUT2D eigenvalue weighted by Gasteiger charge is -2.31. The molecule has 0 spiro atoms. The molecule has 0 amide bonds. The number of allylic oxidation sites excluding steroid dienone is 3. The molecule has 0 saturated carbocycles. The number of hydrogen-bond donors (Lipinski definition) is 0. The van der Waals surface area contributed by atoms with Gasteiger partial charge >= 0.3 is 0 Å². The fraction of sp³-hybridized carbons (Fsp3) is 0.368. The Morgan fingerprint density at radius 3 is 2.44 bits per heavy atom. The molecule has 1 aromatic carbocycles. The minimum Gasteiger partial charge on any atom is -0.298 e. The predicted octanol–water partition coefficient (Wildman–Crippen LogP) is 3.62. The zero-order chi connectivity index (χ0) is 18.4. The molecule has 0 N–H and O–H groups in total. The molecule has 0 aliphatic carbocycles. The number of benzene rings is 1. The maximum Gasteiger partial charge on any atom is 0.279 e. The number of hydrazone groups is 1. The summed E-state index contributed by atoms with van der Waals surface area (Å²) in [6.07, 6.45) is 8.52. The molecule has 0 unspecified atom stereocenters. The summed E-state index contributed by atoms with van der Waals surface area (Å²) in [6.45, 7) is 5.62. The van der Waals surface area contributed by atoms with Gasteiger partial charge in [-0.1, -0.05) is 36.8 Å². The second kappa shape index (κ2) is 8.25. The number of rotatable bonds is 7. The average Bonchev–Trinajstić information content (AvgIpc) is 2.59. The van der Waals surface area contributed by atoms with Crippen LogP contribution in [0.4, 0.5) is 0 Å². The van der Waals surface area contributed by atoms with Crippen LogP contribution in [0.3, 0.4) is 0 Å². The lowest BCUT2D eigenvalue weighted by Crippen LogP contribution is -2.40. The van der Waals surface area contributed by atoms with Crippen LogP contribution < -0.4 is 0 Å². The van der Waals surface area contributed by atoms with Crippen LogP contribution in [-0.2, 0) is 14.8 Å². The summed E-state index contributed by atoms with van der Waals surface area (Å²) < 4.78 is 27.2. The molecule has 0 radical (unpaired) electrons. The van der Waals surface area contributed by atoms with Gasteiger partial charge in [0.25, 0.3) is 10.0 Å². The lowest BCUT2D eigenvalue weighted by atomic mass is 10.0. The van der Waals surface area contributed by atoms with Crippen molar-refractivity contribution in [1.82, 2.24) is 4.41 Å². The van der Waals surface area contributed by atoms with E-state index in [4.69, 9.17) is 0 Å². The Balaban J connectivity index is 2.39. The maximum absolute atomic E-state index is 13.1. The van der Waals surface area contributed by atoms with Crippen molar-refractivity contribution in [2.75, 3.05) is 0 Å². The highest BCUT2D eigenvalue weighted by Crippen LogP contribution is 2.28. The number of carbonyl (C=O) groups is 1. The van der Waals surface area contributed by atoms with Gasteiger partial charge < -0.3 is 0 Å². The molecule has 2 rings (SSSR count). The highest BCUT2D eigenvalue weighted by atomic mass is 32.2. The molecule has 1 aromatic rings. The van der Waals surface area contributed by atoms with E-state index in [0.29, 0.717) is 24.1 Å². The third-order valence-electron chi connectivity index (χ3n) is 3.99. The average molecular weight is 360 g/mol. The summed E-state index contributed by atoms with van der Waals surface area (Å²) in [5, 5.41) is 4.23. The molecule has 5 nitrogen and oxygen atoms in total. The van der Waals surface area contributed by atoms with Crippen molar-refractivity contribution in [3.63, 3.8) is 0 Å². The van der Waals surface area contributed by atoms with Crippen LogP contribution in [0.5, 0.6) is 0 Å². The van der Waals surface area contributed by atoms with E-state index in [1.807, 2.05) is 26.0 Å². The van der Waals surface area contributed by atoms with Gasteiger partial charge in [0.15, 0.2) is 0 Å². The van der Waals surface area contributed by atoms with Crippen LogP contribution in [-0.4, -0.2) is 30.9 Å². The van der Waals surface area contributed by atoms with Gasteiger partial charge in [0.05, 0.1) is 16.6 Å². The standard InChI is InChI=1S/C19H24N2O3S/c1-4-5-6-7-8-19-17(14-22)13-16(3)20-21(19)25(23,24)18-11-9-15(2)10-12-18/h5-6,9-14,19H,4,7-8H2,1-3H3/b6-5-/t19-/m1/s1. The third-order valence-corrected chi connectivity index (χ3v) is 5.69. The molecule has 25 heavy (non-hydrogen) atoms. The molecule has 0 fully saturated rings. The van der Waals surface area contributed by atoms with Gasteiger partial charge in [0, 0.05) is 5.57 Å². The first-order valence-corrected chi connectivity index (χ1v) is 9.82. The summed E-state index contributed by atoms with van der Waals surface area (Å²) in [5.74, 6) is 0. The molecule has 6 heteroatoms. The third kappa shape index (κ3) is 4.45. The minimum atomic E-state index is -3.82. The Morgan fingerprint density at radius 2 is 1.84 bits per heavy atom. The van der Waals surface area contributed by atoms with Gasteiger partial charge in [-0.15, -0.1) is 0 Å². The number of nitrogens with zero attached hydrogens (tertiary/aromatic N) is 2. The first-order valence-electron chi connectivity index (χ1n) is 8.38. The monoisotopic (exact) mass is 360 g/mol. The van der Waals surface area contributed by atoms with E-state index in [1.165, 1.54) is 0 Å². The molecular weight excluding hydrogens is 336 g/mol. The topological polar surface area (TPSA) is 66.8 Å². The minimum absolute atomic E-state index is 0.177. The van der Waals surface area contributed by atoms with E-state index < -0.39 is 16.1 Å². The van der Waals surface area contributed by atoms with Crippen molar-refractivity contribution >= 4 is 22.0 Å². The molecule has 0 bridgehead atoms. The fourth-order valence-corrected chi connectivity index (χ4v) is 4.18.